The van der Waals surface area contributed by atoms with Crippen LogP contribution < -0.4 is 5.84 Å². The van der Waals surface area contributed by atoms with Crippen LogP contribution in [-0.4, -0.2) is 25.6 Å². The molecule has 0 aliphatic rings. The Kier molecular flexibility index (Phi) is 3.92. The zero-order valence-corrected chi connectivity index (χ0v) is 12.4. The van der Waals surface area contributed by atoms with Gasteiger partial charge in [-0.15, -0.1) is 10.2 Å². The van der Waals surface area contributed by atoms with Gasteiger partial charge in [-0.25, -0.2) is 4.68 Å². The Morgan fingerprint density at radius 1 is 1.24 bits per heavy atom. The van der Waals surface area contributed by atoms with Crippen molar-refractivity contribution in [1.82, 2.24) is 19.9 Å². The van der Waals surface area contributed by atoms with Crippen molar-refractivity contribution in [2.75, 3.05) is 11.6 Å². The van der Waals surface area contributed by atoms with Gasteiger partial charge in [-0.2, -0.15) is 0 Å². The van der Waals surface area contributed by atoms with Gasteiger partial charge in [0, 0.05) is 18.1 Å². The molecule has 0 aromatic carbocycles. The van der Waals surface area contributed by atoms with E-state index in [1.165, 1.54) is 10.2 Å². The first-order chi connectivity index (χ1) is 10.3. The molecular formula is C14H15N5OS. The lowest BCUT2D eigenvalue weighted by Gasteiger charge is -2.03. The van der Waals surface area contributed by atoms with Crippen molar-refractivity contribution in [2.24, 2.45) is 0 Å². The molecule has 0 saturated heterocycles. The Balaban J connectivity index is 1.67. The molecular weight excluding hydrogens is 286 g/mol. The molecule has 108 valence electrons. The van der Waals surface area contributed by atoms with E-state index in [-0.39, 0.29) is 0 Å². The van der Waals surface area contributed by atoms with E-state index in [0.29, 0.717) is 11.0 Å². The summed E-state index contributed by atoms with van der Waals surface area (Å²) in [5.41, 5.74) is 2.11. The molecule has 0 bridgehead atoms. The minimum absolute atomic E-state index is 0.618. The first kappa shape index (κ1) is 13.7. The molecule has 6 nitrogen and oxygen atoms in total. The van der Waals surface area contributed by atoms with Crippen LogP contribution in [0.15, 0.2) is 46.4 Å². The predicted octanol–water partition coefficient (Wildman–Crippen LogP) is 2.29. The van der Waals surface area contributed by atoms with Crippen LogP contribution in [0.1, 0.15) is 11.3 Å². The van der Waals surface area contributed by atoms with Crippen molar-refractivity contribution in [3.8, 4) is 11.4 Å². The van der Waals surface area contributed by atoms with Gasteiger partial charge in [-0.1, -0.05) is 11.8 Å². The number of nitrogen functional groups attached to an aromatic ring is 1. The highest BCUT2D eigenvalue weighted by Gasteiger charge is 2.15. The van der Waals surface area contributed by atoms with E-state index in [9.17, 15) is 0 Å². The van der Waals surface area contributed by atoms with Crippen molar-refractivity contribution >= 4 is 11.8 Å². The first-order valence-corrected chi connectivity index (χ1v) is 7.51. The maximum Gasteiger partial charge on any atom is 0.210 e. The largest absolute Gasteiger partial charge is 0.469 e. The predicted molar refractivity (Wildman–Crippen MR) is 81.3 cm³/mol. The fraction of sp³-hybridized carbons (Fsp3) is 0.214. The minimum Gasteiger partial charge on any atom is -0.469 e. The molecule has 3 heterocycles. The van der Waals surface area contributed by atoms with Gasteiger partial charge in [0.25, 0.3) is 0 Å². The molecule has 0 unspecified atom stereocenters. The molecule has 3 aromatic heterocycles. The minimum atomic E-state index is 0.618. The lowest BCUT2D eigenvalue weighted by molar-refractivity contribution is 0.535. The molecule has 0 aliphatic carbocycles. The van der Waals surface area contributed by atoms with Crippen molar-refractivity contribution in [1.29, 1.82) is 0 Å². The van der Waals surface area contributed by atoms with Crippen molar-refractivity contribution in [3.05, 3.63) is 48.2 Å². The summed E-state index contributed by atoms with van der Waals surface area (Å²) in [4.78, 5) is 4.00. The molecule has 0 spiro atoms. The highest BCUT2D eigenvalue weighted by atomic mass is 32.2. The molecule has 3 aromatic rings. The highest BCUT2D eigenvalue weighted by molar-refractivity contribution is 7.99. The van der Waals surface area contributed by atoms with Crippen LogP contribution in [0.25, 0.3) is 11.4 Å². The first-order valence-electron chi connectivity index (χ1n) is 6.52. The molecule has 7 heteroatoms. The van der Waals surface area contributed by atoms with Crippen molar-refractivity contribution in [3.63, 3.8) is 0 Å². The van der Waals surface area contributed by atoms with Gasteiger partial charge in [0.2, 0.25) is 5.16 Å². The Morgan fingerprint density at radius 3 is 2.76 bits per heavy atom. The number of furan rings is 1. The van der Waals surface area contributed by atoms with Crippen LogP contribution in [-0.2, 0) is 6.42 Å². The van der Waals surface area contributed by atoms with E-state index in [1.54, 1.807) is 30.4 Å². The second-order valence-corrected chi connectivity index (χ2v) is 5.58. The summed E-state index contributed by atoms with van der Waals surface area (Å²) >= 11 is 1.58. The Morgan fingerprint density at radius 2 is 2.05 bits per heavy atom. The van der Waals surface area contributed by atoms with E-state index >= 15 is 0 Å². The standard InChI is InChI=1S/C14H15N5OS/c1-10-12(4-8-20-10)13-17-18-14(19(13)15)21-9-5-11-2-6-16-7-3-11/h2-4,6-8H,5,9,15H2,1H3. The van der Waals surface area contributed by atoms with Crippen LogP contribution in [0, 0.1) is 6.92 Å². The fourth-order valence-corrected chi connectivity index (χ4v) is 2.83. The van der Waals surface area contributed by atoms with Crippen LogP contribution in [0.4, 0.5) is 0 Å². The summed E-state index contributed by atoms with van der Waals surface area (Å²) in [6, 6.07) is 5.86. The van der Waals surface area contributed by atoms with Crippen LogP contribution in [0.3, 0.4) is 0 Å². The van der Waals surface area contributed by atoms with Crippen molar-refractivity contribution in [2.45, 2.75) is 18.5 Å². The third kappa shape index (κ3) is 2.92. The van der Waals surface area contributed by atoms with Crippen LogP contribution >= 0.6 is 11.8 Å². The van der Waals surface area contributed by atoms with E-state index in [0.717, 1.165) is 23.5 Å². The topological polar surface area (TPSA) is 82.8 Å². The summed E-state index contributed by atoms with van der Waals surface area (Å²) in [7, 11) is 0. The summed E-state index contributed by atoms with van der Waals surface area (Å²) in [6.45, 7) is 1.88. The Hall–Kier alpha value is -2.28. The van der Waals surface area contributed by atoms with Gasteiger partial charge >= 0.3 is 0 Å². The normalized spacial score (nSPS) is 10.9. The summed E-state index contributed by atoms with van der Waals surface area (Å²) in [6.07, 6.45) is 6.14. The van der Waals surface area contributed by atoms with Crippen LogP contribution in [0.5, 0.6) is 0 Å². The molecule has 0 amide bonds. The van der Waals surface area contributed by atoms with Gasteiger partial charge in [-0.05, 0) is 37.1 Å². The van der Waals surface area contributed by atoms with Crippen molar-refractivity contribution < 1.29 is 4.42 Å². The maximum absolute atomic E-state index is 6.06. The molecule has 0 fully saturated rings. The molecule has 21 heavy (non-hydrogen) atoms. The highest BCUT2D eigenvalue weighted by Crippen LogP contribution is 2.25. The molecule has 0 aliphatic heterocycles. The number of pyridine rings is 1. The quantitative estimate of drug-likeness (QED) is 0.575. The number of nitrogens with two attached hydrogens (primary N) is 1. The van der Waals surface area contributed by atoms with Gasteiger partial charge in [-0.3, -0.25) is 4.98 Å². The molecule has 3 rings (SSSR count). The van der Waals surface area contributed by atoms with E-state index < -0.39 is 0 Å². The Labute approximate surface area is 126 Å². The number of hydrogen-bond acceptors (Lipinski definition) is 6. The van der Waals surface area contributed by atoms with Gasteiger partial charge < -0.3 is 10.3 Å². The van der Waals surface area contributed by atoms with Gasteiger partial charge in [0.1, 0.15) is 5.76 Å². The number of thioether (sulfide) groups is 1. The summed E-state index contributed by atoms with van der Waals surface area (Å²) in [5.74, 6) is 8.34. The maximum atomic E-state index is 6.06. The van der Waals surface area contributed by atoms with Gasteiger partial charge in [0.05, 0.1) is 11.8 Å². The molecule has 0 radical (unpaired) electrons. The van der Waals surface area contributed by atoms with E-state index in [1.807, 2.05) is 25.1 Å². The van der Waals surface area contributed by atoms with Gasteiger partial charge in [0.15, 0.2) is 5.82 Å². The lowest BCUT2D eigenvalue weighted by Crippen LogP contribution is -2.11. The number of nitrogens with zero attached hydrogens (tertiary/aromatic N) is 4. The second kappa shape index (κ2) is 6.01. The van der Waals surface area contributed by atoms with E-state index in [2.05, 4.69) is 15.2 Å². The smallest absolute Gasteiger partial charge is 0.210 e. The second-order valence-electron chi connectivity index (χ2n) is 4.52. The summed E-state index contributed by atoms with van der Waals surface area (Å²) in [5, 5.41) is 8.98. The lowest BCUT2D eigenvalue weighted by atomic mass is 10.2. The number of hydrogen-bond donors (Lipinski definition) is 1. The average molecular weight is 301 g/mol. The SMILES string of the molecule is Cc1occc1-c1nnc(SCCc2ccncc2)n1N. The molecule has 2 N–H and O–H groups in total. The number of rotatable bonds is 5. The average Bonchev–Trinajstić information content (AvgIpc) is 3.07. The molecule has 0 saturated carbocycles. The number of aryl methyl sites for hydroxylation is 2. The van der Waals surface area contributed by atoms with Crippen LogP contribution in [0.2, 0.25) is 0 Å². The molecule has 0 atom stereocenters. The number of aromatic nitrogens is 4. The third-order valence-electron chi connectivity index (χ3n) is 3.14. The zero-order chi connectivity index (χ0) is 14.7. The monoisotopic (exact) mass is 301 g/mol. The fourth-order valence-electron chi connectivity index (χ4n) is 1.99. The Bertz CT molecular complexity index is 722. The zero-order valence-electron chi connectivity index (χ0n) is 11.6. The summed E-state index contributed by atoms with van der Waals surface area (Å²) < 4.78 is 6.78. The third-order valence-corrected chi connectivity index (χ3v) is 4.08. The van der Waals surface area contributed by atoms with E-state index in [4.69, 9.17) is 10.3 Å².